The van der Waals surface area contributed by atoms with Gasteiger partial charge in [-0.15, -0.1) is 0 Å². The molecule has 20 heavy (non-hydrogen) atoms. The van der Waals surface area contributed by atoms with Gasteiger partial charge >= 0.3 is 5.97 Å². The van der Waals surface area contributed by atoms with Crippen molar-refractivity contribution in [3.63, 3.8) is 0 Å². The first-order chi connectivity index (χ1) is 9.49. The zero-order valence-electron chi connectivity index (χ0n) is 11.8. The van der Waals surface area contributed by atoms with Gasteiger partial charge in [-0.3, -0.25) is 14.2 Å². The summed E-state index contributed by atoms with van der Waals surface area (Å²) in [4.78, 5) is 29.3. The van der Waals surface area contributed by atoms with Gasteiger partial charge in [0.25, 0.3) is 5.56 Å². The van der Waals surface area contributed by atoms with Crippen LogP contribution in [0.25, 0.3) is 0 Å². The maximum Gasteiger partial charge on any atom is 0.323 e. The molecule has 110 valence electrons. The molecule has 0 unspecified atom stereocenters. The Morgan fingerprint density at radius 1 is 1.60 bits per heavy atom. The highest BCUT2D eigenvalue weighted by molar-refractivity contribution is 5.66. The van der Waals surface area contributed by atoms with Crippen molar-refractivity contribution in [2.45, 2.75) is 32.4 Å². The van der Waals surface area contributed by atoms with Crippen LogP contribution < -0.4 is 10.9 Å². The van der Waals surface area contributed by atoms with Crippen LogP contribution in [0, 0.1) is 6.92 Å². The Hall–Kier alpha value is -1.89. The zero-order valence-corrected chi connectivity index (χ0v) is 11.8. The van der Waals surface area contributed by atoms with Crippen LogP contribution in [0.5, 0.6) is 0 Å². The molecular weight excluding hydrogens is 260 g/mol. The van der Waals surface area contributed by atoms with Crippen molar-refractivity contribution < 1.29 is 9.90 Å². The summed E-state index contributed by atoms with van der Waals surface area (Å²) in [6, 6.07) is 0.394. The lowest BCUT2D eigenvalue weighted by Crippen LogP contribution is -2.35. The molecule has 1 saturated heterocycles. The fourth-order valence-corrected chi connectivity index (χ4v) is 2.48. The monoisotopic (exact) mass is 280 g/mol. The van der Waals surface area contributed by atoms with Crippen LogP contribution in [-0.4, -0.2) is 51.7 Å². The molecule has 1 aromatic rings. The molecule has 1 aliphatic heterocycles. The van der Waals surface area contributed by atoms with Gasteiger partial charge in [0.05, 0.1) is 0 Å². The quantitative estimate of drug-likeness (QED) is 0.798. The molecule has 0 amide bonds. The van der Waals surface area contributed by atoms with Crippen molar-refractivity contribution in [1.29, 1.82) is 0 Å². The number of hydrogen-bond donors (Lipinski definition) is 2. The summed E-state index contributed by atoms with van der Waals surface area (Å²) in [5.74, 6) is -0.819. The average molecular weight is 280 g/mol. The number of hydrogen-bond acceptors (Lipinski definition) is 5. The van der Waals surface area contributed by atoms with Gasteiger partial charge < -0.3 is 15.3 Å². The number of nitrogens with zero attached hydrogens (tertiary/aromatic N) is 3. The lowest BCUT2D eigenvalue weighted by Gasteiger charge is -2.20. The van der Waals surface area contributed by atoms with E-state index in [9.17, 15) is 9.59 Å². The predicted octanol–water partition coefficient (Wildman–Crippen LogP) is 0.142. The molecule has 1 atom stereocenters. The molecule has 2 rings (SSSR count). The van der Waals surface area contributed by atoms with Crippen LogP contribution in [0.1, 0.15) is 18.5 Å². The molecule has 1 fully saturated rings. The van der Waals surface area contributed by atoms with E-state index in [0.29, 0.717) is 18.3 Å². The summed E-state index contributed by atoms with van der Waals surface area (Å²) in [5, 5.41) is 11.9. The Morgan fingerprint density at radius 2 is 2.35 bits per heavy atom. The number of likely N-dealkylation sites (tertiary alicyclic amines) is 1. The number of anilines is 1. The number of nitrogens with one attached hydrogen (secondary N) is 1. The highest BCUT2D eigenvalue weighted by Gasteiger charge is 2.21. The van der Waals surface area contributed by atoms with Gasteiger partial charge in [-0.1, -0.05) is 0 Å². The van der Waals surface area contributed by atoms with Gasteiger partial charge in [0.15, 0.2) is 5.82 Å². The second-order valence-corrected chi connectivity index (χ2v) is 5.19. The van der Waals surface area contributed by atoms with Gasteiger partial charge in [-0.25, -0.2) is 4.98 Å². The van der Waals surface area contributed by atoms with Crippen LogP contribution in [0.15, 0.2) is 11.0 Å². The third-order valence-electron chi connectivity index (χ3n) is 3.72. The van der Waals surface area contributed by atoms with E-state index >= 15 is 0 Å². The first-order valence-corrected chi connectivity index (χ1v) is 6.71. The normalized spacial score (nSPS) is 19.2. The molecule has 0 aliphatic carbocycles. The van der Waals surface area contributed by atoms with E-state index < -0.39 is 5.97 Å². The first kappa shape index (κ1) is 14.5. The van der Waals surface area contributed by atoms with Crippen LogP contribution in [0.4, 0.5) is 5.82 Å². The largest absolute Gasteiger partial charge is 0.480 e. The second-order valence-electron chi connectivity index (χ2n) is 5.19. The number of carbonyl (C=O) groups is 1. The van der Waals surface area contributed by atoms with Crippen molar-refractivity contribution in [1.82, 2.24) is 14.5 Å². The maximum atomic E-state index is 12.2. The highest BCUT2D eigenvalue weighted by Crippen LogP contribution is 2.14. The van der Waals surface area contributed by atoms with E-state index in [1.165, 1.54) is 10.8 Å². The molecule has 0 radical (unpaired) electrons. The Balaban J connectivity index is 2.12. The van der Waals surface area contributed by atoms with E-state index in [4.69, 9.17) is 5.11 Å². The number of rotatable bonds is 5. The number of aromatic nitrogens is 2. The standard InChI is InChI=1S/C13H20N4O3/c1-9-6-14-12(13(20)17(9)8-11(18)19)15-7-10-4-3-5-16(10)2/h6,10H,3-5,7-8H2,1-2H3,(H,14,15)(H,18,19)/t10-/m1/s1. The minimum atomic E-state index is -1.04. The van der Waals surface area contributed by atoms with E-state index in [-0.39, 0.29) is 17.9 Å². The molecule has 0 spiro atoms. The lowest BCUT2D eigenvalue weighted by atomic mass is 10.2. The van der Waals surface area contributed by atoms with Gasteiger partial charge in [0, 0.05) is 24.5 Å². The van der Waals surface area contributed by atoms with Gasteiger partial charge in [-0.05, 0) is 33.4 Å². The van der Waals surface area contributed by atoms with Crippen LogP contribution in [-0.2, 0) is 11.3 Å². The number of carboxylic acid groups (broad SMARTS) is 1. The van der Waals surface area contributed by atoms with Crippen LogP contribution in [0.2, 0.25) is 0 Å². The zero-order chi connectivity index (χ0) is 14.7. The highest BCUT2D eigenvalue weighted by atomic mass is 16.4. The molecule has 7 nitrogen and oxygen atoms in total. The minimum Gasteiger partial charge on any atom is -0.480 e. The fourth-order valence-electron chi connectivity index (χ4n) is 2.48. The fraction of sp³-hybridized carbons (Fsp3) is 0.615. The van der Waals surface area contributed by atoms with E-state index in [0.717, 1.165) is 19.4 Å². The molecular formula is C13H20N4O3. The summed E-state index contributed by atoms with van der Waals surface area (Å²) in [6.45, 7) is 3.04. The second kappa shape index (κ2) is 6.04. The lowest BCUT2D eigenvalue weighted by molar-refractivity contribution is -0.137. The summed E-state index contributed by atoms with van der Waals surface area (Å²) in [7, 11) is 2.06. The summed E-state index contributed by atoms with van der Waals surface area (Å²) in [6.07, 6.45) is 3.77. The Bertz CT molecular complexity index is 555. The number of aliphatic carboxylic acids is 1. The van der Waals surface area contributed by atoms with Crippen molar-refractivity contribution in [3.8, 4) is 0 Å². The molecule has 0 bridgehead atoms. The summed E-state index contributed by atoms with van der Waals surface area (Å²) < 4.78 is 1.22. The Kier molecular flexibility index (Phi) is 4.39. The number of carboxylic acids is 1. The average Bonchev–Trinajstić information content (AvgIpc) is 2.79. The summed E-state index contributed by atoms with van der Waals surface area (Å²) in [5.41, 5.74) is 0.161. The molecule has 2 heterocycles. The van der Waals surface area contributed by atoms with E-state index in [2.05, 4.69) is 22.2 Å². The van der Waals surface area contributed by atoms with Gasteiger partial charge in [0.2, 0.25) is 0 Å². The predicted molar refractivity (Wildman–Crippen MR) is 75.0 cm³/mol. The Morgan fingerprint density at radius 3 is 2.95 bits per heavy atom. The molecule has 7 heteroatoms. The molecule has 1 aromatic heterocycles. The van der Waals surface area contributed by atoms with Gasteiger partial charge in [0.1, 0.15) is 6.54 Å². The van der Waals surface area contributed by atoms with E-state index in [1.54, 1.807) is 6.92 Å². The van der Waals surface area contributed by atoms with Crippen molar-refractivity contribution in [2.75, 3.05) is 25.5 Å². The minimum absolute atomic E-state index is 0.220. The smallest absolute Gasteiger partial charge is 0.323 e. The topological polar surface area (TPSA) is 87.5 Å². The first-order valence-electron chi connectivity index (χ1n) is 6.71. The SMILES string of the molecule is Cc1cnc(NC[C@H]2CCCN2C)c(=O)n1CC(=O)O. The van der Waals surface area contributed by atoms with E-state index in [1.807, 2.05) is 0 Å². The Labute approximate surface area is 117 Å². The molecule has 2 N–H and O–H groups in total. The van der Waals surface area contributed by atoms with Crippen molar-refractivity contribution in [2.24, 2.45) is 0 Å². The summed E-state index contributed by atoms with van der Waals surface area (Å²) >= 11 is 0. The van der Waals surface area contributed by atoms with Crippen LogP contribution >= 0.6 is 0 Å². The third kappa shape index (κ3) is 3.16. The molecule has 0 saturated carbocycles. The van der Waals surface area contributed by atoms with Gasteiger partial charge in [-0.2, -0.15) is 0 Å². The molecule has 0 aromatic carbocycles. The maximum absolute atomic E-state index is 12.2. The van der Waals surface area contributed by atoms with Crippen molar-refractivity contribution in [3.05, 3.63) is 22.2 Å². The molecule has 1 aliphatic rings. The third-order valence-corrected chi connectivity index (χ3v) is 3.72. The number of likely N-dealkylation sites (N-methyl/N-ethyl adjacent to an activating group) is 1. The number of aryl methyl sites for hydroxylation is 1. The van der Waals surface area contributed by atoms with Crippen LogP contribution in [0.3, 0.4) is 0 Å². The van der Waals surface area contributed by atoms with Crippen molar-refractivity contribution >= 4 is 11.8 Å².